The summed E-state index contributed by atoms with van der Waals surface area (Å²) in [4.78, 5) is 0. The predicted octanol–water partition coefficient (Wildman–Crippen LogP) is 2.36. The number of halogens is 3. The molecule has 0 aromatic carbocycles. The normalized spacial score (nSPS) is 17.9. The Bertz CT molecular complexity index is 174. The van der Waals surface area contributed by atoms with Crippen molar-refractivity contribution in [1.29, 1.82) is 0 Å². The van der Waals surface area contributed by atoms with Crippen molar-refractivity contribution < 1.29 is 17.7 Å². The fraction of sp³-hybridized carbons (Fsp3) is 0.714. The highest BCUT2D eigenvalue weighted by Gasteiger charge is 2.27. The molecule has 0 heterocycles. The van der Waals surface area contributed by atoms with Gasteiger partial charge in [0.1, 0.15) is 0 Å². The first kappa shape index (κ1) is 9.64. The lowest BCUT2D eigenvalue weighted by molar-refractivity contribution is 0.146. The summed E-state index contributed by atoms with van der Waals surface area (Å²) >= 11 is 0. The van der Waals surface area contributed by atoms with Crippen molar-refractivity contribution in [3.05, 3.63) is 12.1 Å². The van der Waals surface area contributed by atoms with E-state index in [0.717, 1.165) is 12.8 Å². The average molecular weight is 179 g/mol. The molecular weight excluding hydrogens is 168 g/mol. The second-order valence-corrected chi connectivity index (χ2v) is 3.19. The summed E-state index contributed by atoms with van der Waals surface area (Å²) in [5.41, 5.74) is -0.740. The van der Waals surface area contributed by atoms with E-state index in [4.69, 9.17) is 4.74 Å². The van der Waals surface area contributed by atoms with Gasteiger partial charge >= 0.3 is 6.98 Å². The molecule has 5 heteroatoms. The van der Waals surface area contributed by atoms with E-state index in [0.29, 0.717) is 12.5 Å². The Labute approximate surface area is 69.6 Å². The third kappa shape index (κ3) is 3.30. The standard InChI is InChI=1S/C7H11BF3O/c1-6(8(9,10)11)4-12-5-7-2-3-7/h7H,1-5H2/q-1. The van der Waals surface area contributed by atoms with E-state index in [2.05, 4.69) is 6.58 Å². The van der Waals surface area contributed by atoms with Crippen LogP contribution >= 0.6 is 0 Å². The van der Waals surface area contributed by atoms with Gasteiger partial charge in [0.2, 0.25) is 0 Å². The first-order chi connectivity index (χ1) is 5.50. The summed E-state index contributed by atoms with van der Waals surface area (Å²) in [6, 6.07) is 0. The summed E-state index contributed by atoms with van der Waals surface area (Å²) in [5.74, 6) is 0.499. The van der Waals surface area contributed by atoms with Gasteiger partial charge in [-0.2, -0.15) is 0 Å². The number of ether oxygens (including phenoxy) is 1. The zero-order valence-corrected chi connectivity index (χ0v) is 6.73. The first-order valence-electron chi connectivity index (χ1n) is 3.95. The fourth-order valence-corrected chi connectivity index (χ4v) is 0.736. The minimum Gasteiger partial charge on any atom is -0.445 e. The van der Waals surface area contributed by atoms with Crippen molar-refractivity contribution in [1.82, 2.24) is 0 Å². The van der Waals surface area contributed by atoms with Gasteiger partial charge in [-0.05, 0) is 18.8 Å². The lowest BCUT2D eigenvalue weighted by atomic mass is 9.81. The van der Waals surface area contributed by atoms with E-state index >= 15 is 0 Å². The molecule has 0 aromatic rings. The molecule has 1 rings (SSSR count). The smallest absolute Gasteiger partial charge is 0.445 e. The molecule has 70 valence electrons. The van der Waals surface area contributed by atoms with Crippen LogP contribution < -0.4 is 0 Å². The van der Waals surface area contributed by atoms with Gasteiger partial charge in [-0.3, -0.25) is 0 Å². The second-order valence-electron chi connectivity index (χ2n) is 3.19. The second kappa shape index (κ2) is 3.52. The van der Waals surface area contributed by atoms with Crippen molar-refractivity contribution in [2.75, 3.05) is 13.2 Å². The molecule has 1 nitrogen and oxygen atoms in total. The van der Waals surface area contributed by atoms with Gasteiger partial charge in [-0.25, -0.2) is 0 Å². The van der Waals surface area contributed by atoms with Crippen LogP contribution in [0.2, 0.25) is 0 Å². The van der Waals surface area contributed by atoms with Crippen LogP contribution in [0.4, 0.5) is 12.9 Å². The van der Waals surface area contributed by atoms with Crippen LogP contribution in [0.25, 0.3) is 0 Å². The number of hydrogen-bond donors (Lipinski definition) is 0. The van der Waals surface area contributed by atoms with Crippen LogP contribution in [0.3, 0.4) is 0 Å². The maximum atomic E-state index is 11.9. The molecule has 0 saturated heterocycles. The quantitative estimate of drug-likeness (QED) is 0.588. The van der Waals surface area contributed by atoms with Gasteiger partial charge in [-0.1, -0.05) is 0 Å². The summed E-state index contributed by atoms with van der Waals surface area (Å²) in [6.45, 7) is -1.89. The van der Waals surface area contributed by atoms with E-state index in [9.17, 15) is 12.9 Å². The van der Waals surface area contributed by atoms with Crippen LogP contribution in [0.1, 0.15) is 12.8 Å². The molecule has 0 spiro atoms. The van der Waals surface area contributed by atoms with Crippen LogP contribution in [-0.4, -0.2) is 20.2 Å². The number of rotatable bonds is 5. The van der Waals surface area contributed by atoms with Crippen LogP contribution in [0, 0.1) is 5.92 Å². The van der Waals surface area contributed by atoms with Crippen molar-refractivity contribution in [3.8, 4) is 0 Å². The van der Waals surface area contributed by atoms with Gasteiger partial charge in [0.25, 0.3) is 0 Å². The van der Waals surface area contributed by atoms with Crippen molar-refractivity contribution >= 4 is 6.98 Å². The highest BCUT2D eigenvalue weighted by Crippen LogP contribution is 2.29. The van der Waals surface area contributed by atoms with Gasteiger partial charge in [0.05, 0.1) is 0 Å². The van der Waals surface area contributed by atoms with Crippen molar-refractivity contribution in [2.24, 2.45) is 5.92 Å². The molecule has 0 radical (unpaired) electrons. The van der Waals surface area contributed by atoms with E-state index < -0.39 is 12.4 Å². The molecule has 1 aliphatic carbocycles. The molecule has 0 atom stereocenters. The Morgan fingerprint density at radius 1 is 1.42 bits per heavy atom. The molecule has 12 heavy (non-hydrogen) atoms. The molecule has 0 aliphatic heterocycles. The fourth-order valence-electron chi connectivity index (χ4n) is 0.736. The zero-order valence-electron chi connectivity index (χ0n) is 6.73. The van der Waals surface area contributed by atoms with Gasteiger partial charge in [0.15, 0.2) is 0 Å². The molecular formula is C7H11BF3O-. The van der Waals surface area contributed by atoms with Crippen LogP contribution in [-0.2, 0) is 4.74 Å². The summed E-state index contributed by atoms with van der Waals surface area (Å²) in [6.07, 6.45) is 2.17. The highest BCUT2D eigenvalue weighted by molar-refractivity contribution is 6.66. The maximum absolute atomic E-state index is 11.9. The largest absolute Gasteiger partial charge is 0.507 e. The SMILES string of the molecule is C=C(COCC1CC1)[B-](F)(F)F. The Kier molecular flexibility index (Phi) is 2.83. The topological polar surface area (TPSA) is 9.23 Å². The average Bonchev–Trinajstić information content (AvgIpc) is 2.69. The monoisotopic (exact) mass is 179 g/mol. The van der Waals surface area contributed by atoms with E-state index in [-0.39, 0.29) is 6.61 Å². The summed E-state index contributed by atoms with van der Waals surface area (Å²) < 4.78 is 40.5. The highest BCUT2D eigenvalue weighted by atomic mass is 19.4. The van der Waals surface area contributed by atoms with E-state index in [1.807, 2.05) is 0 Å². The Balaban J connectivity index is 2.08. The van der Waals surface area contributed by atoms with Gasteiger partial charge in [0, 0.05) is 13.2 Å². The van der Waals surface area contributed by atoms with Crippen molar-refractivity contribution in [3.63, 3.8) is 0 Å². The third-order valence-corrected chi connectivity index (χ3v) is 1.80. The van der Waals surface area contributed by atoms with Gasteiger partial charge in [-0.15, -0.1) is 12.1 Å². The molecule has 0 bridgehead atoms. The lowest BCUT2D eigenvalue weighted by Gasteiger charge is -2.17. The van der Waals surface area contributed by atoms with Crippen LogP contribution in [0.5, 0.6) is 0 Å². The minimum atomic E-state index is -4.90. The Hall–Kier alpha value is -0.445. The molecule has 1 saturated carbocycles. The predicted molar refractivity (Wildman–Crippen MR) is 41.8 cm³/mol. The molecule has 0 amide bonds. The minimum absolute atomic E-state index is 0.361. The molecule has 0 aromatic heterocycles. The zero-order chi connectivity index (χ0) is 9.19. The number of hydrogen-bond acceptors (Lipinski definition) is 1. The van der Waals surface area contributed by atoms with Gasteiger partial charge < -0.3 is 17.7 Å². The van der Waals surface area contributed by atoms with E-state index in [1.165, 1.54) is 0 Å². The third-order valence-electron chi connectivity index (χ3n) is 1.80. The lowest BCUT2D eigenvalue weighted by Crippen LogP contribution is -2.22. The molecule has 1 fully saturated rings. The first-order valence-corrected chi connectivity index (χ1v) is 3.95. The summed E-state index contributed by atoms with van der Waals surface area (Å²) in [5, 5.41) is 0. The van der Waals surface area contributed by atoms with Crippen molar-refractivity contribution in [2.45, 2.75) is 12.8 Å². The van der Waals surface area contributed by atoms with Crippen LogP contribution in [0.15, 0.2) is 12.1 Å². The summed E-state index contributed by atoms with van der Waals surface area (Å²) in [7, 11) is 0. The molecule has 1 aliphatic rings. The Morgan fingerprint density at radius 3 is 2.42 bits per heavy atom. The van der Waals surface area contributed by atoms with E-state index in [1.54, 1.807) is 0 Å². The Morgan fingerprint density at radius 2 is 2.00 bits per heavy atom. The maximum Gasteiger partial charge on any atom is 0.507 e. The molecule has 0 unspecified atom stereocenters. The molecule has 0 N–H and O–H groups in total.